The molecule has 1 unspecified atom stereocenters. The molecule has 1 atom stereocenters. The van der Waals surface area contributed by atoms with Crippen molar-refractivity contribution < 1.29 is 23.2 Å². The van der Waals surface area contributed by atoms with Crippen molar-refractivity contribution in [2.24, 2.45) is 0 Å². The lowest BCUT2D eigenvalue weighted by Crippen LogP contribution is -2.30. The van der Waals surface area contributed by atoms with Crippen LogP contribution in [0.25, 0.3) is 21.9 Å². The van der Waals surface area contributed by atoms with Crippen LogP contribution < -0.4 is 15.7 Å². The number of fused-ring (bicyclic) bond motifs is 2. The quantitative estimate of drug-likeness (QED) is 0.222. The average Bonchev–Trinajstić information content (AvgIpc) is 3.28. The number of carbonyl (C=O) groups excluding carboxylic acids is 2. The van der Waals surface area contributed by atoms with Crippen LogP contribution in [0.2, 0.25) is 0 Å². The predicted octanol–water partition coefficient (Wildman–Crippen LogP) is 5.25. The van der Waals surface area contributed by atoms with Gasteiger partial charge in [0.25, 0.3) is 5.91 Å². The molecule has 0 radical (unpaired) electrons. The number of para-hydroxylation sites is 1. The van der Waals surface area contributed by atoms with Gasteiger partial charge in [0.15, 0.2) is 0 Å². The highest BCUT2D eigenvalue weighted by molar-refractivity contribution is 5.97. The van der Waals surface area contributed by atoms with Gasteiger partial charge in [-0.15, -0.1) is 0 Å². The van der Waals surface area contributed by atoms with Gasteiger partial charge in [0.1, 0.15) is 22.5 Å². The van der Waals surface area contributed by atoms with Crippen LogP contribution in [0.4, 0.5) is 0 Å². The van der Waals surface area contributed by atoms with Gasteiger partial charge < -0.3 is 18.9 Å². The maximum Gasteiger partial charge on any atom is 0.379 e. The van der Waals surface area contributed by atoms with Crippen molar-refractivity contribution in [2.75, 3.05) is 0 Å². The molecular weight excluding hydrogens is 434 g/mol. The number of benzene rings is 3. The first-order chi connectivity index (χ1) is 16.5. The largest absolute Gasteiger partial charge is 0.449 e. The predicted molar refractivity (Wildman–Crippen MR) is 126 cm³/mol. The van der Waals surface area contributed by atoms with Crippen LogP contribution in [0.15, 0.2) is 98.6 Å². The fraction of sp³-hybridized carbons (Fsp3) is 0.0741. The molecular formula is C27H19NO6. The van der Waals surface area contributed by atoms with E-state index < -0.39 is 17.5 Å². The second-order valence-electron chi connectivity index (χ2n) is 7.79. The third kappa shape index (κ3) is 4.19. The maximum absolute atomic E-state index is 12.7. The van der Waals surface area contributed by atoms with Crippen LogP contribution in [-0.2, 0) is 0 Å². The van der Waals surface area contributed by atoms with Crippen LogP contribution in [-0.4, -0.2) is 11.9 Å². The average molecular weight is 453 g/mol. The normalized spacial score (nSPS) is 11.9. The molecule has 7 nitrogen and oxygen atoms in total. The number of amides is 1. The van der Waals surface area contributed by atoms with Gasteiger partial charge in [0.05, 0.1) is 6.04 Å². The Labute approximate surface area is 193 Å². The molecule has 0 saturated heterocycles. The Hall–Kier alpha value is -4.65. The first-order valence-corrected chi connectivity index (χ1v) is 10.6. The first-order valence-electron chi connectivity index (χ1n) is 10.6. The van der Waals surface area contributed by atoms with Gasteiger partial charge in [-0.3, -0.25) is 4.79 Å². The van der Waals surface area contributed by atoms with Crippen molar-refractivity contribution in [3.8, 4) is 5.75 Å². The van der Waals surface area contributed by atoms with Crippen molar-refractivity contribution in [3.05, 3.63) is 112 Å². The van der Waals surface area contributed by atoms with Gasteiger partial charge in [0, 0.05) is 16.8 Å². The van der Waals surface area contributed by atoms with Gasteiger partial charge in [-0.25, -0.2) is 9.59 Å². The Kier molecular flexibility index (Phi) is 5.43. The molecule has 3 aromatic carbocycles. The summed E-state index contributed by atoms with van der Waals surface area (Å²) >= 11 is 0. The summed E-state index contributed by atoms with van der Waals surface area (Å²) in [6, 6.07) is 24.0. The van der Waals surface area contributed by atoms with E-state index in [1.807, 2.05) is 55.5 Å². The van der Waals surface area contributed by atoms with E-state index in [4.69, 9.17) is 13.6 Å². The van der Waals surface area contributed by atoms with E-state index in [2.05, 4.69) is 5.32 Å². The van der Waals surface area contributed by atoms with Crippen LogP contribution in [0, 0.1) is 0 Å². The molecule has 0 saturated carbocycles. The SMILES string of the molecule is CC(NC(=O)c1cc2ccc(OC(=O)c3cc4ccccc4o3)cc2oc1=O)c1ccccc1. The molecule has 0 bridgehead atoms. The van der Waals surface area contributed by atoms with E-state index in [9.17, 15) is 14.4 Å². The topological polar surface area (TPSA) is 98.8 Å². The first kappa shape index (κ1) is 21.2. The highest BCUT2D eigenvalue weighted by atomic mass is 16.5. The Bertz CT molecular complexity index is 1550. The number of esters is 1. The van der Waals surface area contributed by atoms with Crippen LogP contribution in [0.3, 0.4) is 0 Å². The molecule has 168 valence electrons. The number of carbonyl (C=O) groups is 2. The summed E-state index contributed by atoms with van der Waals surface area (Å²) in [4.78, 5) is 37.7. The van der Waals surface area contributed by atoms with Crippen molar-refractivity contribution in [3.63, 3.8) is 0 Å². The molecule has 0 aliphatic carbocycles. The van der Waals surface area contributed by atoms with Crippen molar-refractivity contribution in [2.45, 2.75) is 13.0 Å². The molecule has 0 spiro atoms. The maximum atomic E-state index is 12.7. The number of nitrogens with one attached hydrogen (secondary N) is 1. The van der Waals surface area contributed by atoms with Crippen LogP contribution >= 0.6 is 0 Å². The lowest BCUT2D eigenvalue weighted by atomic mass is 10.1. The minimum atomic E-state index is -0.786. The standard InChI is InChI=1S/C27H19NO6/c1-16(17-7-3-2-4-8-17)28-25(29)21-13-19-11-12-20(15-23(19)34-26(21)30)32-27(31)24-14-18-9-5-6-10-22(18)33-24/h2-16H,1H3,(H,28,29). The summed E-state index contributed by atoms with van der Waals surface area (Å²) in [5, 5.41) is 4.10. The molecule has 2 aromatic heterocycles. The Morgan fingerprint density at radius 1 is 0.824 bits per heavy atom. The fourth-order valence-corrected chi connectivity index (χ4v) is 3.65. The van der Waals surface area contributed by atoms with Crippen LogP contribution in [0.5, 0.6) is 5.75 Å². The van der Waals surface area contributed by atoms with Crippen LogP contribution in [0.1, 0.15) is 39.4 Å². The summed E-state index contributed by atoms with van der Waals surface area (Å²) in [5.41, 5.74) is 0.782. The van der Waals surface area contributed by atoms with E-state index in [1.54, 1.807) is 24.3 Å². The zero-order valence-electron chi connectivity index (χ0n) is 18.1. The molecule has 34 heavy (non-hydrogen) atoms. The number of hydrogen-bond donors (Lipinski definition) is 1. The molecule has 2 heterocycles. The second kappa shape index (κ2) is 8.71. The molecule has 1 N–H and O–H groups in total. The summed E-state index contributed by atoms with van der Waals surface area (Å²) in [7, 11) is 0. The third-order valence-electron chi connectivity index (χ3n) is 5.44. The lowest BCUT2D eigenvalue weighted by Gasteiger charge is -2.14. The smallest absolute Gasteiger partial charge is 0.379 e. The minimum absolute atomic E-state index is 0.0577. The zero-order chi connectivity index (χ0) is 23.7. The van der Waals surface area contributed by atoms with Gasteiger partial charge in [-0.2, -0.15) is 0 Å². The summed E-state index contributed by atoms with van der Waals surface area (Å²) in [6.07, 6.45) is 0. The molecule has 0 fully saturated rings. The Morgan fingerprint density at radius 3 is 2.35 bits per heavy atom. The summed E-state index contributed by atoms with van der Waals surface area (Å²) in [5.74, 6) is -0.977. The third-order valence-corrected chi connectivity index (χ3v) is 5.44. The molecule has 7 heteroatoms. The Morgan fingerprint density at radius 2 is 1.56 bits per heavy atom. The van der Waals surface area contributed by atoms with Gasteiger partial charge in [0.2, 0.25) is 5.76 Å². The number of furan rings is 1. The number of ether oxygens (including phenoxy) is 1. The molecule has 5 rings (SSSR count). The number of rotatable bonds is 5. The lowest BCUT2D eigenvalue weighted by molar-refractivity contribution is 0.0704. The second-order valence-corrected chi connectivity index (χ2v) is 7.79. The van der Waals surface area contributed by atoms with Gasteiger partial charge in [-0.1, -0.05) is 48.5 Å². The van der Waals surface area contributed by atoms with E-state index in [1.165, 1.54) is 12.1 Å². The summed E-state index contributed by atoms with van der Waals surface area (Å²) < 4.78 is 16.3. The van der Waals surface area contributed by atoms with E-state index in [-0.39, 0.29) is 28.7 Å². The molecule has 5 aromatic rings. The Balaban J connectivity index is 1.36. The van der Waals surface area contributed by atoms with E-state index in [0.29, 0.717) is 11.0 Å². The van der Waals surface area contributed by atoms with Gasteiger partial charge in [-0.05, 0) is 42.8 Å². The molecule has 0 aliphatic rings. The molecule has 0 aliphatic heterocycles. The van der Waals surface area contributed by atoms with Gasteiger partial charge >= 0.3 is 11.6 Å². The zero-order valence-corrected chi connectivity index (χ0v) is 18.1. The molecule has 1 amide bonds. The highest BCUT2D eigenvalue weighted by Gasteiger charge is 2.18. The number of hydrogen-bond acceptors (Lipinski definition) is 6. The minimum Gasteiger partial charge on any atom is -0.449 e. The van der Waals surface area contributed by atoms with Crippen molar-refractivity contribution >= 4 is 33.8 Å². The summed E-state index contributed by atoms with van der Waals surface area (Å²) in [6.45, 7) is 1.83. The van der Waals surface area contributed by atoms with E-state index >= 15 is 0 Å². The van der Waals surface area contributed by atoms with Crippen molar-refractivity contribution in [1.82, 2.24) is 5.32 Å². The van der Waals surface area contributed by atoms with E-state index in [0.717, 1.165) is 10.9 Å². The highest BCUT2D eigenvalue weighted by Crippen LogP contribution is 2.24. The van der Waals surface area contributed by atoms with Crippen molar-refractivity contribution in [1.29, 1.82) is 0 Å². The monoisotopic (exact) mass is 453 g/mol. The fourth-order valence-electron chi connectivity index (χ4n) is 3.65.